The maximum absolute atomic E-state index is 13.7. The summed E-state index contributed by atoms with van der Waals surface area (Å²) in [6, 6.07) is 14.2. The van der Waals surface area contributed by atoms with Gasteiger partial charge in [-0.25, -0.2) is 14.2 Å². The summed E-state index contributed by atoms with van der Waals surface area (Å²) in [7, 11) is 5.32. The molecule has 0 radical (unpaired) electrons. The monoisotopic (exact) mass is 577 g/mol. The molecule has 226 valence electrons. The molecule has 3 aliphatic rings. The average molecular weight is 578 g/mol. The number of carbonyl (C=O) groups excluding carboxylic acids is 2. The molecule has 1 unspecified atom stereocenters. The molecule has 1 saturated carbocycles. The normalized spacial score (nSPS) is 20.3. The molecule has 2 heterocycles. The molecule has 9 heteroatoms. The van der Waals surface area contributed by atoms with E-state index in [9.17, 15) is 14.0 Å². The smallest absolute Gasteiger partial charge is 0.320 e. The Morgan fingerprint density at radius 1 is 1.10 bits per heavy atom. The van der Waals surface area contributed by atoms with Crippen LogP contribution in [-0.4, -0.2) is 87.3 Å². The fourth-order valence-corrected chi connectivity index (χ4v) is 6.33. The van der Waals surface area contributed by atoms with Crippen molar-refractivity contribution in [2.45, 2.75) is 44.6 Å². The number of likely N-dealkylation sites (tertiary alicyclic amines) is 1. The Bertz CT molecular complexity index is 1260. The minimum atomic E-state index is -0.238. The number of piperazine rings is 1. The summed E-state index contributed by atoms with van der Waals surface area (Å²) in [4.78, 5) is 34.0. The predicted octanol–water partition coefficient (Wildman–Crippen LogP) is 5.37. The van der Waals surface area contributed by atoms with Gasteiger partial charge in [0.05, 0.1) is 25.2 Å². The van der Waals surface area contributed by atoms with E-state index in [1.807, 2.05) is 49.3 Å². The number of nitrogens with zero attached hydrogens (tertiary/aromatic N) is 4. The fraction of sp³-hybridized carbons (Fsp3) is 0.485. The second-order valence-electron chi connectivity index (χ2n) is 11.6. The summed E-state index contributed by atoms with van der Waals surface area (Å²) in [5.74, 6) is 0.454. The van der Waals surface area contributed by atoms with Gasteiger partial charge in [0, 0.05) is 58.5 Å². The first-order valence-corrected chi connectivity index (χ1v) is 14.9. The Hall–Kier alpha value is -3.72. The van der Waals surface area contributed by atoms with Gasteiger partial charge in [-0.3, -0.25) is 4.79 Å². The summed E-state index contributed by atoms with van der Waals surface area (Å²) in [6.07, 6.45) is 11.3. The van der Waals surface area contributed by atoms with Crippen molar-refractivity contribution in [1.82, 2.24) is 20.0 Å². The maximum Gasteiger partial charge on any atom is 0.320 e. The zero-order valence-electron chi connectivity index (χ0n) is 25.1. The maximum atomic E-state index is 13.7. The number of aldehydes is 1. The predicted molar refractivity (Wildman–Crippen MR) is 165 cm³/mol. The number of carbonyl (C=O) groups is 2. The van der Waals surface area contributed by atoms with Crippen molar-refractivity contribution in [2.24, 2.45) is 10.4 Å². The highest BCUT2D eigenvalue weighted by Crippen LogP contribution is 2.45. The molecule has 8 nitrogen and oxygen atoms in total. The molecule has 0 bridgehead atoms. The second kappa shape index (κ2) is 15.0. The number of hydrogen-bond donors (Lipinski definition) is 1. The lowest BCUT2D eigenvalue weighted by Crippen LogP contribution is -2.56. The number of halogens is 1. The van der Waals surface area contributed by atoms with Crippen molar-refractivity contribution in [3.8, 4) is 5.75 Å². The lowest BCUT2D eigenvalue weighted by Gasteiger charge is -2.45. The van der Waals surface area contributed by atoms with Crippen molar-refractivity contribution in [2.75, 3.05) is 53.9 Å². The number of ether oxygens (including phenoxy) is 1. The molecule has 3 fully saturated rings. The molecule has 1 spiro atoms. The number of urea groups is 1. The Morgan fingerprint density at radius 3 is 2.57 bits per heavy atom. The van der Waals surface area contributed by atoms with Crippen LogP contribution in [0.1, 0.15) is 55.7 Å². The third kappa shape index (κ3) is 7.97. The molecule has 1 aliphatic carbocycles. The Balaban J connectivity index is 0.000000209. The zero-order chi connectivity index (χ0) is 30.0. The van der Waals surface area contributed by atoms with E-state index in [0.717, 1.165) is 43.5 Å². The molecule has 1 atom stereocenters. The highest BCUT2D eigenvalue weighted by Gasteiger charge is 2.41. The van der Waals surface area contributed by atoms with Crippen LogP contribution in [0.3, 0.4) is 0 Å². The third-order valence-electron chi connectivity index (χ3n) is 8.36. The van der Waals surface area contributed by atoms with E-state index in [1.165, 1.54) is 44.2 Å². The van der Waals surface area contributed by atoms with Gasteiger partial charge < -0.3 is 24.8 Å². The molecule has 2 aliphatic heterocycles. The summed E-state index contributed by atoms with van der Waals surface area (Å²) in [5, 5.41) is 3.35. The van der Waals surface area contributed by atoms with Crippen molar-refractivity contribution >= 4 is 24.4 Å². The highest BCUT2D eigenvalue weighted by molar-refractivity contribution is 5.85. The molecule has 2 saturated heterocycles. The molecule has 2 aromatic carbocycles. The van der Waals surface area contributed by atoms with E-state index in [0.29, 0.717) is 30.0 Å². The van der Waals surface area contributed by atoms with Gasteiger partial charge in [-0.1, -0.05) is 37.1 Å². The van der Waals surface area contributed by atoms with Gasteiger partial charge in [-0.15, -0.1) is 0 Å². The zero-order valence-corrected chi connectivity index (χ0v) is 25.1. The largest absolute Gasteiger partial charge is 0.496 e. The number of piperidine rings is 1. The molecule has 5 rings (SSSR count). The minimum Gasteiger partial charge on any atom is -0.496 e. The first kappa shape index (κ1) is 31.2. The molecular weight excluding hydrogens is 533 g/mol. The van der Waals surface area contributed by atoms with Crippen LogP contribution in [0.25, 0.3) is 5.70 Å². The van der Waals surface area contributed by atoms with Crippen LogP contribution in [0.2, 0.25) is 0 Å². The van der Waals surface area contributed by atoms with Crippen molar-refractivity contribution < 1.29 is 18.7 Å². The van der Waals surface area contributed by atoms with Crippen LogP contribution in [0.15, 0.2) is 59.6 Å². The highest BCUT2D eigenvalue weighted by atomic mass is 19.1. The topological polar surface area (TPSA) is 77.5 Å². The molecule has 0 aromatic heterocycles. The van der Waals surface area contributed by atoms with Crippen LogP contribution < -0.4 is 10.1 Å². The van der Waals surface area contributed by atoms with Gasteiger partial charge in [0.1, 0.15) is 17.9 Å². The number of nitrogens with one attached hydrogen (secondary N) is 1. The number of benzene rings is 2. The number of allylic oxidation sites excluding steroid dienone is 1. The van der Waals surface area contributed by atoms with Crippen LogP contribution >= 0.6 is 0 Å². The average Bonchev–Trinajstić information content (AvgIpc) is 3.46. The summed E-state index contributed by atoms with van der Waals surface area (Å²) < 4.78 is 18.9. The van der Waals surface area contributed by atoms with E-state index in [2.05, 4.69) is 15.2 Å². The Labute approximate surface area is 249 Å². The standard InChI is InChI=1S/C20H28FN3O.C13H16N2O2/c21-17-6-3-5-16(13-17)18-14-22-10-12-24(18)19(25)23-11-4-9-20(15-23)7-1-2-8-20;1-15(2)10-14-12(8-9-16)11-6-4-5-7-13(11)17-3/h3,5-6,13,18,22H,1-2,4,7-12,14-15H2;4-10H,1-3H3/b;12-8-,14-10?. The molecular formula is C33H44FN5O3. The van der Waals surface area contributed by atoms with E-state index in [1.54, 1.807) is 30.5 Å². The third-order valence-corrected chi connectivity index (χ3v) is 8.36. The summed E-state index contributed by atoms with van der Waals surface area (Å²) in [5.41, 5.74) is 2.62. The van der Waals surface area contributed by atoms with E-state index >= 15 is 0 Å². The number of aliphatic imine (C=N–C) groups is 1. The number of amides is 2. The van der Waals surface area contributed by atoms with Crippen LogP contribution in [0.4, 0.5) is 9.18 Å². The molecule has 2 amide bonds. The summed E-state index contributed by atoms with van der Waals surface area (Å²) in [6.45, 7) is 3.94. The van der Waals surface area contributed by atoms with E-state index < -0.39 is 0 Å². The van der Waals surface area contributed by atoms with Crippen molar-refractivity contribution in [3.63, 3.8) is 0 Å². The van der Waals surface area contributed by atoms with Crippen LogP contribution in [-0.2, 0) is 4.79 Å². The van der Waals surface area contributed by atoms with Gasteiger partial charge in [-0.05, 0) is 60.9 Å². The second-order valence-corrected chi connectivity index (χ2v) is 11.6. The number of rotatable bonds is 6. The van der Waals surface area contributed by atoms with Crippen LogP contribution in [0, 0.1) is 11.2 Å². The molecule has 2 aromatic rings. The quantitative estimate of drug-likeness (QED) is 0.216. The Kier molecular flexibility index (Phi) is 11.1. The lowest BCUT2D eigenvalue weighted by molar-refractivity contribution is -0.104. The van der Waals surface area contributed by atoms with Crippen LogP contribution in [0.5, 0.6) is 5.75 Å². The SMILES string of the molecule is COc1ccccc1/C(=C/C=O)N=CN(C)C.O=C(N1CCCC2(CCCC2)C1)N1CCNCC1c1cccc(F)c1. The molecule has 42 heavy (non-hydrogen) atoms. The van der Waals surface area contributed by atoms with Gasteiger partial charge >= 0.3 is 6.03 Å². The first-order chi connectivity index (χ1) is 20.4. The van der Waals surface area contributed by atoms with Crippen molar-refractivity contribution in [1.29, 1.82) is 0 Å². The number of methoxy groups -OCH3 is 1. The first-order valence-electron chi connectivity index (χ1n) is 14.9. The van der Waals surface area contributed by atoms with Gasteiger partial charge in [-0.2, -0.15) is 0 Å². The minimum absolute atomic E-state index is 0.0848. The van der Waals surface area contributed by atoms with Crippen molar-refractivity contribution in [3.05, 3.63) is 71.6 Å². The number of para-hydroxylation sites is 1. The summed E-state index contributed by atoms with van der Waals surface area (Å²) >= 11 is 0. The van der Waals surface area contributed by atoms with Gasteiger partial charge in [0.2, 0.25) is 0 Å². The molecule has 1 N–H and O–H groups in total. The van der Waals surface area contributed by atoms with Gasteiger partial charge in [0.15, 0.2) is 0 Å². The van der Waals surface area contributed by atoms with E-state index in [-0.39, 0.29) is 17.9 Å². The number of hydrogen-bond acceptors (Lipinski definition) is 5. The van der Waals surface area contributed by atoms with Gasteiger partial charge in [0.25, 0.3) is 0 Å². The lowest BCUT2D eigenvalue weighted by atomic mass is 9.78. The Morgan fingerprint density at radius 2 is 1.86 bits per heavy atom. The fourth-order valence-electron chi connectivity index (χ4n) is 6.33. The van der Waals surface area contributed by atoms with E-state index in [4.69, 9.17) is 4.74 Å².